The van der Waals surface area contributed by atoms with Crippen LogP contribution in [0.15, 0.2) is 54.6 Å². The summed E-state index contributed by atoms with van der Waals surface area (Å²) in [4.78, 5) is 11.8. The molecule has 0 radical (unpaired) electrons. The van der Waals surface area contributed by atoms with Crippen LogP contribution in [0.1, 0.15) is 35.3 Å². The van der Waals surface area contributed by atoms with Gasteiger partial charge in [-0.1, -0.05) is 61.9 Å². The number of amides is 1. The zero-order valence-corrected chi connectivity index (χ0v) is 11.8. The van der Waals surface area contributed by atoms with Gasteiger partial charge in [-0.2, -0.15) is 0 Å². The number of nitrogens with one attached hydrogen (secondary N) is 1. The van der Waals surface area contributed by atoms with Gasteiger partial charge in [0.1, 0.15) is 0 Å². The van der Waals surface area contributed by atoms with E-state index in [1.807, 2.05) is 75.4 Å². The minimum absolute atomic E-state index is 0.0335. The van der Waals surface area contributed by atoms with Gasteiger partial charge in [-0.3, -0.25) is 4.79 Å². The van der Waals surface area contributed by atoms with E-state index in [4.69, 9.17) is 0 Å². The highest BCUT2D eigenvalue weighted by Gasteiger charge is 2.03. The lowest BCUT2D eigenvalue weighted by atomic mass is 10.1. The van der Waals surface area contributed by atoms with E-state index in [0.717, 1.165) is 11.1 Å². The molecule has 2 aromatic carbocycles. The molecule has 0 spiro atoms. The predicted octanol–water partition coefficient (Wildman–Crippen LogP) is 3.95. The number of carbonyl (C=O) groups excluding carboxylic acids is 1. The number of hydrogen-bond donors (Lipinski definition) is 1. The summed E-state index contributed by atoms with van der Waals surface area (Å²) < 4.78 is 0. The average molecular weight is 255 g/mol. The quantitative estimate of drug-likeness (QED) is 0.884. The Morgan fingerprint density at radius 2 is 1.53 bits per heavy atom. The largest absolute Gasteiger partial charge is 0.348 e. The fourth-order valence-electron chi connectivity index (χ4n) is 1.59. The van der Waals surface area contributed by atoms with Crippen LogP contribution in [-0.2, 0) is 6.54 Å². The fraction of sp³-hybridized carbons (Fsp3) is 0.235. The first-order valence-corrected chi connectivity index (χ1v) is 6.64. The second-order valence-corrected chi connectivity index (χ2v) is 4.03. The Morgan fingerprint density at radius 1 is 0.947 bits per heavy atom. The SMILES string of the molecule is CC.Cc1ccc(C(=O)NCc2ccccc2)cc1. The summed E-state index contributed by atoms with van der Waals surface area (Å²) in [6.07, 6.45) is 0. The van der Waals surface area contributed by atoms with Gasteiger partial charge in [-0.15, -0.1) is 0 Å². The summed E-state index contributed by atoms with van der Waals surface area (Å²) in [5, 5.41) is 2.90. The van der Waals surface area contributed by atoms with Gasteiger partial charge in [0.25, 0.3) is 5.91 Å². The molecule has 0 bridgehead atoms. The highest BCUT2D eigenvalue weighted by molar-refractivity contribution is 5.94. The van der Waals surface area contributed by atoms with Crippen LogP contribution in [0, 0.1) is 6.92 Å². The van der Waals surface area contributed by atoms with E-state index >= 15 is 0 Å². The van der Waals surface area contributed by atoms with Gasteiger partial charge in [-0.25, -0.2) is 0 Å². The lowest BCUT2D eigenvalue weighted by Crippen LogP contribution is -2.22. The molecule has 0 atom stereocenters. The molecule has 100 valence electrons. The van der Waals surface area contributed by atoms with Gasteiger partial charge in [-0.05, 0) is 24.6 Å². The number of aryl methyl sites for hydroxylation is 1. The first-order valence-electron chi connectivity index (χ1n) is 6.64. The van der Waals surface area contributed by atoms with Gasteiger partial charge < -0.3 is 5.32 Å². The Bertz CT molecular complexity index is 488. The zero-order chi connectivity index (χ0) is 14.1. The first kappa shape index (κ1) is 15.0. The minimum atomic E-state index is -0.0335. The van der Waals surface area contributed by atoms with Crippen molar-refractivity contribution in [3.8, 4) is 0 Å². The van der Waals surface area contributed by atoms with Crippen LogP contribution >= 0.6 is 0 Å². The molecule has 2 heteroatoms. The average Bonchev–Trinajstić information content (AvgIpc) is 2.49. The normalized spacial score (nSPS) is 9.21. The third-order valence-corrected chi connectivity index (χ3v) is 2.61. The monoisotopic (exact) mass is 255 g/mol. The van der Waals surface area contributed by atoms with Crippen molar-refractivity contribution in [3.63, 3.8) is 0 Å². The highest BCUT2D eigenvalue weighted by Crippen LogP contribution is 2.04. The highest BCUT2D eigenvalue weighted by atomic mass is 16.1. The Hall–Kier alpha value is -2.09. The third kappa shape index (κ3) is 4.96. The van der Waals surface area contributed by atoms with E-state index in [2.05, 4.69) is 5.32 Å². The molecule has 0 aromatic heterocycles. The molecule has 2 nitrogen and oxygen atoms in total. The fourth-order valence-corrected chi connectivity index (χ4v) is 1.59. The van der Waals surface area contributed by atoms with Crippen molar-refractivity contribution in [3.05, 3.63) is 71.3 Å². The molecule has 19 heavy (non-hydrogen) atoms. The molecular weight excluding hydrogens is 234 g/mol. The summed E-state index contributed by atoms with van der Waals surface area (Å²) >= 11 is 0. The molecule has 1 N–H and O–H groups in total. The van der Waals surface area contributed by atoms with E-state index in [1.165, 1.54) is 0 Å². The van der Waals surface area contributed by atoms with Gasteiger partial charge >= 0.3 is 0 Å². The van der Waals surface area contributed by atoms with Gasteiger partial charge in [0.2, 0.25) is 0 Å². The van der Waals surface area contributed by atoms with Crippen molar-refractivity contribution in [2.24, 2.45) is 0 Å². The van der Waals surface area contributed by atoms with Crippen molar-refractivity contribution >= 4 is 5.91 Å². The third-order valence-electron chi connectivity index (χ3n) is 2.61. The lowest BCUT2D eigenvalue weighted by molar-refractivity contribution is 0.0951. The second kappa shape index (κ2) is 8.09. The molecule has 2 aromatic rings. The zero-order valence-electron chi connectivity index (χ0n) is 11.8. The second-order valence-electron chi connectivity index (χ2n) is 4.03. The summed E-state index contributed by atoms with van der Waals surface area (Å²) in [6.45, 7) is 6.57. The van der Waals surface area contributed by atoms with E-state index < -0.39 is 0 Å². The Morgan fingerprint density at radius 3 is 2.11 bits per heavy atom. The number of carbonyl (C=O) groups is 1. The lowest BCUT2D eigenvalue weighted by Gasteiger charge is -2.05. The van der Waals surface area contributed by atoms with Crippen LogP contribution in [0.25, 0.3) is 0 Å². The molecular formula is C17H21NO. The summed E-state index contributed by atoms with van der Waals surface area (Å²) in [7, 11) is 0. The molecule has 0 heterocycles. The maximum Gasteiger partial charge on any atom is 0.251 e. The summed E-state index contributed by atoms with van der Waals surface area (Å²) in [5.74, 6) is -0.0335. The first-order chi connectivity index (χ1) is 9.25. The summed E-state index contributed by atoms with van der Waals surface area (Å²) in [6, 6.07) is 17.5. The Kier molecular flexibility index (Phi) is 6.37. The Balaban J connectivity index is 0.000000861. The minimum Gasteiger partial charge on any atom is -0.348 e. The maximum absolute atomic E-state index is 11.8. The van der Waals surface area contributed by atoms with E-state index in [9.17, 15) is 4.79 Å². The van der Waals surface area contributed by atoms with Crippen LogP contribution < -0.4 is 5.32 Å². The van der Waals surface area contributed by atoms with Crippen LogP contribution in [-0.4, -0.2) is 5.91 Å². The van der Waals surface area contributed by atoms with Crippen molar-refractivity contribution in [1.29, 1.82) is 0 Å². The van der Waals surface area contributed by atoms with Crippen molar-refractivity contribution in [1.82, 2.24) is 5.32 Å². The molecule has 0 saturated heterocycles. The molecule has 0 aliphatic rings. The molecule has 1 amide bonds. The van der Waals surface area contributed by atoms with Gasteiger partial charge in [0, 0.05) is 12.1 Å². The number of hydrogen-bond acceptors (Lipinski definition) is 1. The molecule has 0 fully saturated rings. The van der Waals surface area contributed by atoms with Gasteiger partial charge in [0.05, 0.1) is 0 Å². The predicted molar refractivity (Wildman–Crippen MR) is 80.1 cm³/mol. The van der Waals surface area contributed by atoms with Crippen molar-refractivity contribution in [2.45, 2.75) is 27.3 Å². The van der Waals surface area contributed by atoms with E-state index in [0.29, 0.717) is 12.1 Å². The number of rotatable bonds is 3. The molecule has 0 saturated carbocycles. The molecule has 0 aliphatic heterocycles. The molecule has 0 aliphatic carbocycles. The molecule has 2 rings (SSSR count). The van der Waals surface area contributed by atoms with E-state index in [1.54, 1.807) is 0 Å². The molecule has 0 unspecified atom stereocenters. The van der Waals surface area contributed by atoms with Crippen molar-refractivity contribution in [2.75, 3.05) is 0 Å². The van der Waals surface area contributed by atoms with E-state index in [-0.39, 0.29) is 5.91 Å². The van der Waals surface area contributed by atoms with Crippen molar-refractivity contribution < 1.29 is 4.79 Å². The van der Waals surface area contributed by atoms with Gasteiger partial charge in [0.15, 0.2) is 0 Å². The van der Waals surface area contributed by atoms with Crippen LogP contribution in [0.3, 0.4) is 0 Å². The van der Waals surface area contributed by atoms with Crippen LogP contribution in [0.2, 0.25) is 0 Å². The smallest absolute Gasteiger partial charge is 0.251 e. The maximum atomic E-state index is 11.8. The standard InChI is InChI=1S/C15H15NO.C2H6/c1-12-7-9-14(10-8-12)15(17)16-11-13-5-3-2-4-6-13;1-2/h2-10H,11H2,1H3,(H,16,17);1-2H3. The number of benzene rings is 2. The topological polar surface area (TPSA) is 29.1 Å². The Labute approximate surface area is 115 Å². The van der Waals surface area contributed by atoms with Crippen LogP contribution in [0.5, 0.6) is 0 Å². The summed E-state index contributed by atoms with van der Waals surface area (Å²) in [5.41, 5.74) is 2.96. The van der Waals surface area contributed by atoms with Crippen LogP contribution in [0.4, 0.5) is 0 Å².